The first-order valence-electron chi connectivity index (χ1n) is 6.41. The average molecular weight is 294 g/mol. The van der Waals surface area contributed by atoms with Crippen LogP contribution in [-0.2, 0) is 9.59 Å². The molecule has 1 heterocycles. The van der Waals surface area contributed by atoms with Crippen LogP contribution in [0, 0.1) is 5.41 Å². The Balaban J connectivity index is 0.00000220. The van der Waals surface area contributed by atoms with Crippen molar-refractivity contribution in [3.8, 4) is 0 Å². The molecule has 0 saturated carbocycles. The Hall–Kier alpha value is -1.43. The molecule has 0 radical (unpaired) electrons. The molecule has 104 valence electrons. The van der Waals surface area contributed by atoms with Gasteiger partial charge in [0.2, 0.25) is 0 Å². The number of nitrogens with one attached hydrogen (secondary N) is 1. The molecule has 4 amide bonds. The molecule has 5 nitrogen and oxygen atoms in total. The van der Waals surface area contributed by atoms with Crippen LogP contribution in [0.2, 0.25) is 0 Å². The molecule has 0 aliphatic carbocycles. The largest absolute Gasteiger partial charge is 1.00 e. The van der Waals surface area contributed by atoms with Crippen molar-refractivity contribution in [1.82, 2.24) is 5.32 Å². The van der Waals surface area contributed by atoms with Gasteiger partial charge in [0.25, 0.3) is 0 Å². The summed E-state index contributed by atoms with van der Waals surface area (Å²) >= 11 is 0. The van der Waals surface area contributed by atoms with E-state index in [4.69, 9.17) is 0 Å². The number of rotatable bonds is 4. The third-order valence-electron chi connectivity index (χ3n) is 3.45. The SMILES string of the molecule is CCC1(C/C=C/c2ccccc2)C(=O)[N-]C(=O)NC1=O.[Na+]. The summed E-state index contributed by atoms with van der Waals surface area (Å²) in [5.41, 5.74) is -0.283. The molecule has 0 spiro atoms. The zero-order valence-electron chi connectivity index (χ0n) is 12.1. The molecule has 1 atom stereocenters. The number of amides is 4. The van der Waals surface area contributed by atoms with Crippen molar-refractivity contribution in [2.24, 2.45) is 5.41 Å². The molecular weight excluding hydrogens is 279 g/mol. The number of benzene rings is 1. The van der Waals surface area contributed by atoms with E-state index >= 15 is 0 Å². The van der Waals surface area contributed by atoms with Gasteiger partial charge in [-0.3, -0.25) is 14.4 Å². The number of allylic oxidation sites excluding steroid dienone is 1. The normalized spacial score (nSPS) is 21.7. The van der Waals surface area contributed by atoms with Crippen LogP contribution in [0.25, 0.3) is 11.4 Å². The number of carbonyl (C=O) groups excluding carboxylic acids is 3. The van der Waals surface area contributed by atoms with Crippen LogP contribution < -0.4 is 34.9 Å². The van der Waals surface area contributed by atoms with Gasteiger partial charge < -0.3 is 10.6 Å². The molecular formula is C15H15N2NaO3. The summed E-state index contributed by atoms with van der Waals surface area (Å²) in [5.74, 6) is -1.23. The molecule has 0 aromatic heterocycles. The van der Waals surface area contributed by atoms with Gasteiger partial charge in [-0.05, 0) is 18.4 Å². The second-order valence-electron chi connectivity index (χ2n) is 4.63. The third kappa shape index (κ3) is 3.81. The van der Waals surface area contributed by atoms with Crippen molar-refractivity contribution in [2.75, 3.05) is 0 Å². The summed E-state index contributed by atoms with van der Waals surface area (Å²) in [6, 6.07) is 8.69. The van der Waals surface area contributed by atoms with E-state index in [1.165, 1.54) is 0 Å². The maximum atomic E-state index is 12.0. The first-order valence-corrected chi connectivity index (χ1v) is 6.41. The van der Waals surface area contributed by atoms with E-state index in [0.29, 0.717) is 6.42 Å². The Morgan fingerprint density at radius 1 is 1.19 bits per heavy atom. The second kappa shape index (κ2) is 7.54. The van der Waals surface area contributed by atoms with Gasteiger partial charge in [0, 0.05) is 0 Å². The zero-order chi connectivity index (χ0) is 14.6. The summed E-state index contributed by atoms with van der Waals surface area (Å²) in [7, 11) is 0. The van der Waals surface area contributed by atoms with E-state index in [1.807, 2.05) is 36.4 Å². The van der Waals surface area contributed by atoms with E-state index in [2.05, 4.69) is 10.6 Å². The molecule has 1 aliphatic heterocycles. The Bertz CT molecular complexity index is 550. The molecule has 1 unspecified atom stereocenters. The van der Waals surface area contributed by atoms with Crippen molar-refractivity contribution in [1.29, 1.82) is 0 Å². The van der Waals surface area contributed by atoms with Crippen molar-refractivity contribution in [3.63, 3.8) is 0 Å². The fraction of sp³-hybridized carbons (Fsp3) is 0.267. The molecule has 0 bridgehead atoms. The summed E-state index contributed by atoms with van der Waals surface area (Å²) in [5, 5.41) is 5.44. The third-order valence-corrected chi connectivity index (χ3v) is 3.45. The Kier molecular flexibility index (Phi) is 6.33. The molecule has 2 rings (SSSR count). The minimum atomic E-state index is -1.26. The van der Waals surface area contributed by atoms with Crippen LogP contribution in [0.3, 0.4) is 0 Å². The number of carbonyl (C=O) groups is 3. The van der Waals surface area contributed by atoms with Gasteiger partial charge in [-0.1, -0.05) is 49.4 Å². The fourth-order valence-corrected chi connectivity index (χ4v) is 2.14. The molecule has 1 aromatic carbocycles. The van der Waals surface area contributed by atoms with E-state index in [-0.39, 0.29) is 36.0 Å². The maximum Gasteiger partial charge on any atom is 1.00 e. The Morgan fingerprint density at radius 2 is 1.86 bits per heavy atom. The van der Waals surface area contributed by atoms with Crippen LogP contribution in [0.15, 0.2) is 36.4 Å². The molecule has 1 N–H and O–H groups in total. The molecule has 1 aliphatic rings. The standard InChI is InChI=1S/C15H16N2O3.Na/c1-2-15(12(18)16-14(20)17-13(15)19)10-6-9-11-7-4-3-5-8-11;/h3-9H,2,10H2,1H3,(H2,16,17,18,19,20);/q;+1/p-1/b9-6+;. The minimum absolute atomic E-state index is 0. The van der Waals surface area contributed by atoms with Crippen molar-refractivity contribution >= 4 is 23.9 Å². The van der Waals surface area contributed by atoms with Gasteiger partial charge in [-0.2, -0.15) is 0 Å². The zero-order valence-corrected chi connectivity index (χ0v) is 14.1. The maximum absolute atomic E-state index is 12.0. The summed E-state index contributed by atoms with van der Waals surface area (Å²) < 4.78 is 0. The molecule has 6 heteroatoms. The summed E-state index contributed by atoms with van der Waals surface area (Å²) in [4.78, 5) is 34.9. The van der Waals surface area contributed by atoms with E-state index in [1.54, 1.807) is 13.0 Å². The van der Waals surface area contributed by atoms with Gasteiger partial charge in [-0.15, -0.1) is 0 Å². The van der Waals surface area contributed by atoms with Gasteiger partial charge in [0.05, 0.1) is 5.41 Å². The first kappa shape index (κ1) is 17.6. The van der Waals surface area contributed by atoms with Crippen LogP contribution in [0.1, 0.15) is 25.3 Å². The van der Waals surface area contributed by atoms with Gasteiger partial charge in [0.1, 0.15) is 0 Å². The number of barbiturate groups is 1. The monoisotopic (exact) mass is 294 g/mol. The topological polar surface area (TPSA) is 77.3 Å². The Morgan fingerprint density at radius 3 is 2.43 bits per heavy atom. The van der Waals surface area contributed by atoms with Crippen LogP contribution >= 0.6 is 0 Å². The first-order chi connectivity index (χ1) is 9.58. The number of nitrogens with zero attached hydrogens (tertiary/aromatic N) is 1. The molecule has 21 heavy (non-hydrogen) atoms. The van der Waals surface area contributed by atoms with Crippen LogP contribution in [0.4, 0.5) is 4.79 Å². The fourth-order valence-electron chi connectivity index (χ4n) is 2.14. The number of hydrogen-bond acceptors (Lipinski definition) is 3. The quantitative estimate of drug-likeness (QED) is 0.608. The van der Waals surface area contributed by atoms with Crippen molar-refractivity contribution < 1.29 is 43.9 Å². The predicted octanol–water partition coefficient (Wildman–Crippen LogP) is -0.360. The smallest absolute Gasteiger partial charge is 0.394 e. The van der Waals surface area contributed by atoms with Gasteiger partial charge >= 0.3 is 29.6 Å². The average Bonchev–Trinajstić information content (AvgIpc) is 2.43. The second-order valence-corrected chi connectivity index (χ2v) is 4.63. The van der Waals surface area contributed by atoms with Crippen LogP contribution in [0.5, 0.6) is 0 Å². The van der Waals surface area contributed by atoms with Gasteiger partial charge in [0.15, 0.2) is 17.8 Å². The Labute approximate surface area is 145 Å². The predicted molar refractivity (Wildman–Crippen MR) is 74.7 cm³/mol. The number of urea groups is 1. The molecule has 1 aromatic rings. The molecule has 1 fully saturated rings. The van der Waals surface area contributed by atoms with Crippen LogP contribution in [-0.4, -0.2) is 17.8 Å². The number of hydrogen-bond donors (Lipinski definition) is 1. The van der Waals surface area contributed by atoms with E-state index < -0.39 is 23.3 Å². The number of imide groups is 2. The minimum Gasteiger partial charge on any atom is -0.394 e. The summed E-state index contributed by atoms with van der Waals surface area (Å²) in [6.45, 7) is 1.74. The molecule has 1 saturated heterocycles. The van der Waals surface area contributed by atoms with E-state index in [9.17, 15) is 14.4 Å². The van der Waals surface area contributed by atoms with Crippen molar-refractivity contribution in [2.45, 2.75) is 19.8 Å². The van der Waals surface area contributed by atoms with Gasteiger partial charge in [-0.25, -0.2) is 0 Å². The summed E-state index contributed by atoms with van der Waals surface area (Å²) in [6.07, 6.45) is 4.13. The van der Waals surface area contributed by atoms with Crippen molar-refractivity contribution in [3.05, 3.63) is 47.3 Å². The van der Waals surface area contributed by atoms with E-state index in [0.717, 1.165) is 5.56 Å².